The van der Waals surface area contributed by atoms with Gasteiger partial charge >= 0.3 is 0 Å². The standard InChI is InChI=1S/C24H32N2O3/c1-5-28-21-11-10-17(14-22(21)29-6-2)24-19(9-7-8-12-25)20-15-18(27-4)13-16(3)23(20)26-24/h10-11,13-15,26H,5-9,12,25H2,1-4H3. The van der Waals surface area contributed by atoms with Crippen LogP contribution in [0.4, 0.5) is 0 Å². The van der Waals surface area contributed by atoms with E-state index < -0.39 is 0 Å². The Morgan fingerprint density at radius 2 is 1.72 bits per heavy atom. The zero-order valence-electron chi connectivity index (χ0n) is 17.9. The number of aryl methyl sites for hydroxylation is 2. The summed E-state index contributed by atoms with van der Waals surface area (Å²) in [5.41, 5.74) is 11.6. The van der Waals surface area contributed by atoms with Crippen LogP contribution in [-0.2, 0) is 6.42 Å². The zero-order valence-corrected chi connectivity index (χ0v) is 17.9. The largest absolute Gasteiger partial charge is 0.497 e. The number of nitrogens with two attached hydrogens (primary N) is 1. The molecule has 0 spiro atoms. The summed E-state index contributed by atoms with van der Waals surface area (Å²) in [4.78, 5) is 3.66. The SMILES string of the molecule is CCOc1ccc(-c2[nH]c3c(C)cc(OC)cc3c2CCCCN)cc1OCC. The van der Waals surface area contributed by atoms with Crippen molar-refractivity contribution in [2.75, 3.05) is 26.9 Å². The molecule has 0 aliphatic rings. The minimum atomic E-state index is 0.593. The molecule has 29 heavy (non-hydrogen) atoms. The van der Waals surface area contributed by atoms with Crippen molar-refractivity contribution in [1.29, 1.82) is 0 Å². The van der Waals surface area contributed by atoms with Gasteiger partial charge in [0.05, 0.1) is 20.3 Å². The van der Waals surface area contributed by atoms with Gasteiger partial charge in [-0.3, -0.25) is 0 Å². The van der Waals surface area contributed by atoms with E-state index in [1.807, 2.05) is 19.9 Å². The molecule has 3 rings (SSSR count). The molecule has 0 unspecified atom stereocenters. The summed E-state index contributed by atoms with van der Waals surface area (Å²) in [7, 11) is 1.71. The third-order valence-electron chi connectivity index (χ3n) is 5.13. The molecular formula is C24H32N2O3. The summed E-state index contributed by atoms with van der Waals surface area (Å²) in [6, 6.07) is 10.3. The number of nitrogens with one attached hydrogen (secondary N) is 1. The summed E-state index contributed by atoms with van der Waals surface area (Å²) in [6.45, 7) is 7.98. The van der Waals surface area contributed by atoms with E-state index in [4.69, 9.17) is 19.9 Å². The lowest BCUT2D eigenvalue weighted by atomic mass is 9.99. The maximum absolute atomic E-state index is 5.85. The number of aromatic amines is 1. The Labute approximate surface area is 173 Å². The Morgan fingerprint density at radius 1 is 0.966 bits per heavy atom. The van der Waals surface area contributed by atoms with Gasteiger partial charge in [-0.05, 0) is 88.0 Å². The van der Waals surface area contributed by atoms with E-state index in [9.17, 15) is 0 Å². The second-order valence-electron chi connectivity index (χ2n) is 7.12. The molecule has 2 aromatic carbocycles. The maximum atomic E-state index is 5.85. The van der Waals surface area contributed by atoms with Gasteiger partial charge in [0.25, 0.3) is 0 Å². The summed E-state index contributed by atoms with van der Waals surface area (Å²) in [6.07, 6.45) is 3.00. The van der Waals surface area contributed by atoms with Crippen LogP contribution in [0.25, 0.3) is 22.2 Å². The first-order valence-electron chi connectivity index (χ1n) is 10.4. The van der Waals surface area contributed by atoms with Crippen LogP contribution in [0.2, 0.25) is 0 Å². The summed E-state index contributed by atoms with van der Waals surface area (Å²) >= 11 is 0. The molecule has 0 fully saturated rings. The number of methoxy groups -OCH3 is 1. The molecule has 0 radical (unpaired) electrons. The van der Waals surface area contributed by atoms with Gasteiger partial charge in [0, 0.05) is 22.2 Å². The number of unbranched alkanes of at least 4 members (excludes halogenated alkanes) is 1. The average Bonchev–Trinajstić information content (AvgIpc) is 3.09. The van der Waals surface area contributed by atoms with Crippen molar-refractivity contribution in [3.63, 3.8) is 0 Å². The molecule has 0 amide bonds. The minimum absolute atomic E-state index is 0.593. The van der Waals surface area contributed by atoms with Crippen molar-refractivity contribution in [2.24, 2.45) is 5.73 Å². The number of fused-ring (bicyclic) bond motifs is 1. The summed E-state index contributed by atoms with van der Waals surface area (Å²) < 4.78 is 17.1. The second-order valence-corrected chi connectivity index (χ2v) is 7.12. The number of benzene rings is 2. The fraction of sp³-hybridized carbons (Fsp3) is 0.417. The highest BCUT2D eigenvalue weighted by Crippen LogP contribution is 2.38. The predicted molar refractivity (Wildman–Crippen MR) is 119 cm³/mol. The summed E-state index contributed by atoms with van der Waals surface area (Å²) in [5.74, 6) is 2.42. The fourth-order valence-corrected chi connectivity index (χ4v) is 3.77. The van der Waals surface area contributed by atoms with Crippen LogP contribution in [0.1, 0.15) is 37.8 Å². The first kappa shape index (κ1) is 21.1. The van der Waals surface area contributed by atoms with Crippen LogP contribution in [0.3, 0.4) is 0 Å². The van der Waals surface area contributed by atoms with Crippen LogP contribution in [-0.4, -0.2) is 31.9 Å². The smallest absolute Gasteiger partial charge is 0.161 e. The quantitative estimate of drug-likeness (QED) is 0.460. The van der Waals surface area contributed by atoms with Gasteiger partial charge in [0.2, 0.25) is 0 Å². The van der Waals surface area contributed by atoms with E-state index in [-0.39, 0.29) is 0 Å². The molecule has 0 saturated carbocycles. The molecule has 0 aliphatic carbocycles. The van der Waals surface area contributed by atoms with E-state index in [0.29, 0.717) is 19.8 Å². The van der Waals surface area contributed by atoms with E-state index in [2.05, 4.69) is 36.2 Å². The second kappa shape index (κ2) is 9.70. The van der Waals surface area contributed by atoms with Crippen molar-refractivity contribution in [3.05, 3.63) is 41.5 Å². The monoisotopic (exact) mass is 396 g/mol. The molecule has 0 atom stereocenters. The molecule has 0 bridgehead atoms. The van der Waals surface area contributed by atoms with Crippen molar-refractivity contribution >= 4 is 10.9 Å². The third-order valence-corrected chi connectivity index (χ3v) is 5.13. The van der Waals surface area contributed by atoms with Crippen LogP contribution in [0.15, 0.2) is 30.3 Å². The molecule has 1 aromatic heterocycles. The van der Waals surface area contributed by atoms with Gasteiger partial charge in [-0.15, -0.1) is 0 Å². The molecule has 1 heterocycles. The fourth-order valence-electron chi connectivity index (χ4n) is 3.77. The Balaban J connectivity index is 2.15. The van der Waals surface area contributed by atoms with Crippen LogP contribution < -0.4 is 19.9 Å². The van der Waals surface area contributed by atoms with Gasteiger partial charge in [0.1, 0.15) is 5.75 Å². The van der Waals surface area contributed by atoms with Gasteiger partial charge in [-0.25, -0.2) is 0 Å². The van der Waals surface area contributed by atoms with E-state index in [1.165, 1.54) is 16.5 Å². The van der Waals surface area contributed by atoms with Gasteiger partial charge < -0.3 is 24.9 Å². The maximum Gasteiger partial charge on any atom is 0.161 e. The average molecular weight is 397 g/mol. The Morgan fingerprint density at radius 3 is 2.41 bits per heavy atom. The normalized spacial score (nSPS) is 11.1. The number of hydrogen-bond acceptors (Lipinski definition) is 4. The van der Waals surface area contributed by atoms with Gasteiger partial charge in [-0.1, -0.05) is 0 Å². The predicted octanol–water partition coefficient (Wildman–Crippen LogP) is 5.23. The van der Waals surface area contributed by atoms with Crippen LogP contribution >= 0.6 is 0 Å². The topological polar surface area (TPSA) is 69.5 Å². The minimum Gasteiger partial charge on any atom is -0.497 e. The first-order valence-corrected chi connectivity index (χ1v) is 10.4. The number of ether oxygens (including phenoxy) is 3. The molecule has 0 aliphatic heterocycles. The van der Waals surface area contributed by atoms with E-state index >= 15 is 0 Å². The van der Waals surface area contributed by atoms with Crippen molar-refractivity contribution in [2.45, 2.75) is 40.0 Å². The Hall–Kier alpha value is -2.66. The lowest BCUT2D eigenvalue weighted by molar-refractivity contribution is 0.288. The first-order chi connectivity index (χ1) is 14.1. The number of aromatic nitrogens is 1. The van der Waals surface area contributed by atoms with Gasteiger partial charge in [0.15, 0.2) is 11.5 Å². The number of hydrogen-bond donors (Lipinski definition) is 2. The Kier molecular flexibility index (Phi) is 7.04. The van der Waals surface area contributed by atoms with Gasteiger partial charge in [-0.2, -0.15) is 0 Å². The van der Waals surface area contributed by atoms with Crippen molar-refractivity contribution < 1.29 is 14.2 Å². The lowest BCUT2D eigenvalue weighted by Gasteiger charge is -2.13. The van der Waals surface area contributed by atoms with Crippen LogP contribution in [0, 0.1) is 6.92 Å². The third kappa shape index (κ3) is 4.51. The van der Waals surface area contributed by atoms with E-state index in [0.717, 1.165) is 53.3 Å². The molecule has 0 saturated heterocycles. The highest BCUT2D eigenvalue weighted by atomic mass is 16.5. The number of H-pyrrole nitrogens is 1. The van der Waals surface area contributed by atoms with Crippen LogP contribution in [0.5, 0.6) is 17.2 Å². The molecule has 3 N–H and O–H groups in total. The molecule has 5 heteroatoms. The lowest BCUT2D eigenvalue weighted by Crippen LogP contribution is -2.00. The Bertz CT molecular complexity index is 962. The molecule has 156 valence electrons. The van der Waals surface area contributed by atoms with Crippen molar-refractivity contribution in [1.82, 2.24) is 4.98 Å². The highest BCUT2D eigenvalue weighted by Gasteiger charge is 2.17. The number of rotatable bonds is 10. The van der Waals surface area contributed by atoms with E-state index in [1.54, 1.807) is 7.11 Å². The van der Waals surface area contributed by atoms with Crippen molar-refractivity contribution in [3.8, 4) is 28.5 Å². The molecule has 3 aromatic rings. The highest BCUT2D eigenvalue weighted by molar-refractivity contribution is 5.94. The zero-order chi connectivity index (χ0) is 20.8. The molecular weight excluding hydrogens is 364 g/mol. The molecule has 5 nitrogen and oxygen atoms in total. The summed E-state index contributed by atoms with van der Waals surface area (Å²) in [5, 5.41) is 1.21.